The fraction of sp³-hybridized carbons (Fsp3) is 0.364. The number of alkyl carbamates (subject to hydrolysis) is 1. The second-order valence-electron chi connectivity index (χ2n) is 3.72. The Hall–Kier alpha value is -1.80. The summed E-state index contributed by atoms with van der Waals surface area (Å²) < 4.78 is 4.89. The Morgan fingerprint density at radius 2 is 2.11 bits per heavy atom. The van der Waals surface area contributed by atoms with E-state index in [1.54, 1.807) is 0 Å². The number of aliphatic hydroxyl groups excluding tert-OH is 1. The van der Waals surface area contributed by atoms with Crippen molar-refractivity contribution in [1.82, 2.24) is 5.32 Å². The standard InChI is InChI=1S/C11H14N2O5S/c14-6-10(19)5-12-11(15)18-7-8-1-3-9(4-2-8)13(16)17/h1-4,10,14,19H,5-7H2,(H,12,15). The highest BCUT2D eigenvalue weighted by atomic mass is 32.1. The molecule has 0 aliphatic heterocycles. The van der Waals surface area contributed by atoms with Gasteiger partial charge in [0.05, 0.1) is 11.5 Å². The number of rotatable bonds is 6. The maximum Gasteiger partial charge on any atom is 0.407 e. The zero-order valence-corrected chi connectivity index (χ0v) is 10.9. The Kier molecular flexibility index (Phi) is 6.10. The Morgan fingerprint density at radius 1 is 1.47 bits per heavy atom. The molecule has 1 unspecified atom stereocenters. The van der Waals surface area contributed by atoms with Crippen LogP contribution in [0.4, 0.5) is 10.5 Å². The number of nitrogens with one attached hydrogen (secondary N) is 1. The molecule has 2 N–H and O–H groups in total. The number of carbonyl (C=O) groups excluding carboxylic acids is 1. The molecular formula is C11H14N2O5S. The SMILES string of the molecule is O=C(NCC(S)CO)OCc1ccc([N+](=O)[O-])cc1. The number of benzene rings is 1. The van der Waals surface area contributed by atoms with Crippen LogP contribution in [-0.4, -0.2) is 34.5 Å². The van der Waals surface area contributed by atoms with Crippen LogP contribution in [0.5, 0.6) is 0 Å². The van der Waals surface area contributed by atoms with Crippen molar-refractivity contribution in [2.45, 2.75) is 11.9 Å². The van der Waals surface area contributed by atoms with Gasteiger partial charge in [0.1, 0.15) is 6.61 Å². The molecule has 19 heavy (non-hydrogen) atoms. The number of nitrogens with zero attached hydrogens (tertiary/aromatic N) is 1. The molecule has 0 fully saturated rings. The van der Waals surface area contributed by atoms with Crippen LogP contribution in [0.2, 0.25) is 0 Å². The molecule has 0 saturated heterocycles. The second kappa shape index (κ2) is 7.59. The molecule has 0 aliphatic rings. The number of amides is 1. The summed E-state index contributed by atoms with van der Waals surface area (Å²) in [7, 11) is 0. The van der Waals surface area contributed by atoms with Gasteiger partial charge in [0.2, 0.25) is 0 Å². The van der Waals surface area contributed by atoms with Gasteiger partial charge in [0, 0.05) is 23.9 Å². The molecule has 1 aromatic rings. The number of hydrogen-bond acceptors (Lipinski definition) is 6. The van der Waals surface area contributed by atoms with E-state index in [2.05, 4.69) is 17.9 Å². The third kappa shape index (κ3) is 5.58. The van der Waals surface area contributed by atoms with Gasteiger partial charge in [-0.2, -0.15) is 12.6 Å². The molecule has 0 spiro atoms. The van der Waals surface area contributed by atoms with Gasteiger partial charge in [-0.3, -0.25) is 10.1 Å². The van der Waals surface area contributed by atoms with Gasteiger partial charge >= 0.3 is 6.09 Å². The van der Waals surface area contributed by atoms with Gasteiger partial charge in [0.25, 0.3) is 5.69 Å². The molecule has 7 nitrogen and oxygen atoms in total. The lowest BCUT2D eigenvalue weighted by atomic mass is 10.2. The average molecular weight is 286 g/mol. The lowest BCUT2D eigenvalue weighted by Gasteiger charge is -2.09. The first-order chi connectivity index (χ1) is 9.02. The molecule has 1 aromatic carbocycles. The minimum Gasteiger partial charge on any atom is -0.445 e. The molecule has 0 heterocycles. The maximum atomic E-state index is 11.3. The summed E-state index contributed by atoms with van der Waals surface area (Å²) in [5.41, 5.74) is 0.624. The largest absolute Gasteiger partial charge is 0.445 e. The van der Waals surface area contributed by atoms with Crippen LogP contribution in [0.1, 0.15) is 5.56 Å². The van der Waals surface area contributed by atoms with Crippen molar-refractivity contribution in [1.29, 1.82) is 0 Å². The highest BCUT2D eigenvalue weighted by molar-refractivity contribution is 7.81. The first kappa shape index (κ1) is 15.3. The molecule has 8 heteroatoms. The van der Waals surface area contributed by atoms with Gasteiger partial charge in [-0.25, -0.2) is 4.79 Å². The minimum atomic E-state index is -0.633. The lowest BCUT2D eigenvalue weighted by molar-refractivity contribution is -0.384. The van der Waals surface area contributed by atoms with Crippen LogP contribution in [-0.2, 0) is 11.3 Å². The molecule has 0 aromatic heterocycles. The summed E-state index contributed by atoms with van der Waals surface area (Å²) in [5.74, 6) is 0. The van der Waals surface area contributed by atoms with E-state index in [-0.39, 0.29) is 30.7 Å². The minimum absolute atomic E-state index is 0.0141. The number of thiol groups is 1. The molecule has 1 atom stereocenters. The van der Waals surface area contributed by atoms with E-state index in [0.717, 1.165) is 0 Å². The first-order valence-electron chi connectivity index (χ1n) is 5.46. The van der Waals surface area contributed by atoms with Gasteiger partial charge in [-0.05, 0) is 17.7 Å². The van der Waals surface area contributed by atoms with E-state index in [9.17, 15) is 14.9 Å². The Bertz CT molecular complexity index is 437. The van der Waals surface area contributed by atoms with Crippen LogP contribution in [0.3, 0.4) is 0 Å². The van der Waals surface area contributed by atoms with Crippen LogP contribution in [0.15, 0.2) is 24.3 Å². The highest BCUT2D eigenvalue weighted by Crippen LogP contribution is 2.12. The molecule has 1 rings (SSSR count). The van der Waals surface area contributed by atoms with E-state index in [0.29, 0.717) is 5.56 Å². The Labute approximate surface area is 115 Å². The summed E-state index contributed by atoms with van der Waals surface area (Å²) in [6.45, 7) is 0.0602. The monoisotopic (exact) mass is 286 g/mol. The normalized spacial score (nSPS) is 11.7. The number of ether oxygens (including phenoxy) is 1. The zero-order chi connectivity index (χ0) is 14.3. The smallest absolute Gasteiger partial charge is 0.407 e. The van der Waals surface area contributed by atoms with Crippen LogP contribution in [0.25, 0.3) is 0 Å². The van der Waals surface area contributed by atoms with Crippen molar-refractivity contribution in [2.75, 3.05) is 13.2 Å². The molecule has 0 radical (unpaired) electrons. The number of hydrogen-bond donors (Lipinski definition) is 3. The van der Waals surface area contributed by atoms with Gasteiger partial charge in [-0.1, -0.05) is 0 Å². The van der Waals surface area contributed by atoms with Crippen molar-refractivity contribution >= 4 is 24.4 Å². The number of nitro groups is 1. The zero-order valence-electron chi connectivity index (χ0n) is 9.98. The topological polar surface area (TPSA) is 102 Å². The quantitative estimate of drug-likeness (QED) is 0.413. The summed E-state index contributed by atoms with van der Waals surface area (Å²) in [6.07, 6.45) is -0.633. The Balaban J connectivity index is 2.35. The maximum absolute atomic E-state index is 11.3. The predicted molar refractivity (Wildman–Crippen MR) is 71.1 cm³/mol. The van der Waals surface area contributed by atoms with E-state index in [1.165, 1.54) is 24.3 Å². The number of aliphatic hydroxyl groups is 1. The third-order valence-electron chi connectivity index (χ3n) is 2.21. The fourth-order valence-electron chi connectivity index (χ4n) is 1.18. The summed E-state index contributed by atoms with van der Waals surface area (Å²) in [4.78, 5) is 21.2. The molecule has 0 aliphatic carbocycles. The molecule has 104 valence electrons. The number of carbonyl (C=O) groups is 1. The van der Waals surface area contributed by atoms with Crippen LogP contribution >= 0.6 is 12.6 Å². The second-order valence-corrected chi connectivity index (χ2v) is 4.45. The van der Waals surface area contributed by atoms with Crippen molar-refractivity contribution in [3.63, 3.8) is 0 Å². The van der Waals surface area contributed by atoms with E-state index in [4.69, 9.17) is 9.84 Å². The predicted octanol–water partition coefficient (Wildman–Crippen LogP) is 1.11. The van der Waals surface area contributed by atoms with E-state index >= 15 is 0 Å². The summed E-state index contributed by atoms with van der Waals surface area (Å²) >= 11 is 3.99. The van der Waals surface area contributed by atoms with Gasteiger partial charge < -0.3 is 15.2 Å². The van der Waals surface area contributed by atoms with Gasteiger partial charge in [0.15, 0.2) is 0 Å². The van der Waals surface area contributed by atoms with Crippen molar-refractivity contribution in [2.24, 2.45) is 0 Å². The van der Waals surface area contributed by atoms with Crippen LogP contribution in [0, 0.1) is 10.1 Å². The molecule has 0 saturated carbocycles. The molecule has 0 bridgehead atoms. The fourth-order valence-corrected chi connectivity index (χ4v) is 1.27. The van der Waals surface area contributed by atoms with E-state index in [1.807, 2.05) is 0 Å². The van der Waals surface area contributed by atoms with E-state index < -0.39 is 11.0 Å². The number of nitro benzene ring substituents is 1. The Morgan fingerprint density at radius 3 is 2.63 bits per heavy atom. The lowest BCUT2D eigenvalue weighted by Crippen LogP contribution is -2.31. The highest BCUT2D eigenvalue weighted by Gasteiger charge is 2.07. The van der Waals surface area contributed by atoms with Crippen molar-refractivity contribution in [3.05, 3.63) is 39.9 Å². The van der Waals surface area contributed by atoms with Crippen molar-refractivity contribution in [3.8, 4) is 0 Å². The van der Waals surface area contributed by atoms with Crippen molar-refractivity contribution < 1.29 is 19.6 Å². The average Bonchev–Trinajstić information content (AvgIpc) is 2.42. The first-order valence-corrected chi connectivity index (χ1v) is 5.97. The third-order valence-corrected chi connectivity index (χ3v) is 2.56. The van der Waals surface area contributed by atoms with Crippen LogP contribution < -0.4 is 5.32 Å². The summed E-state index contributed by atoms with van der Waals surface area (Å²) in [5, 5.41) is 21.2. The van der Waals surface area contributed by atoms with Gasteiger partial charge in [-0.15, -0.1) is 0 Å². The molecule has 1 amide bonds. The molecular weight excluding hydrogens is 272 g/mol. The summed E-state index contributed by atoms with van der Waals surface area (Å²) in [6, 6.07) is 5.71. The number of non-ortho nitro benzene ring substituents is 1.